The quantitative estimate of drug-likeness (QED) is 0.309. The molecule has 0 saturated heterocycles. The number of carboxylic acids is 1. The summed E-state index contributed by atoms with van der Waals surface area (Å²) < 4.78 is 9.93. The molecule has 0 fully saturated rings. The minimum Gasteiger partial charge on any atom is -0.497 e. The first-order valence-corrected chi connectivity index (χ1v) is 10.5. The average Bonchev–Trinajstić information content (AvgIpc) is 3.31. The number of nitrogens with zero attached hydrogens (tertiary/aromatic N) is 3. The monoisotopic (exact) mass is 457 g/mol. The van der Waals surface area contributed by atoms with Gasteiger partial charge >= 0.3 is 5.97 Å². The van der Waals surface area contributed by atoms with Crippen LogP contribution in [0.5, 0.6) is 5.75 Å². The maximum Gasteiger partial charge on any atom is 0.336 e. The van der Waals surface area contributed by atoms with Crippen molar-refractivity contribution in [1.82, 2.24) is 10.3 Å². The number of hydrogen-bond donors (Lipinski definition) is 1. The van der Waals surface area contributed by atoms with E-state index in [1.807, 2.05) is 43.3 Å². The fourth-order valence-corrected chi connectivity index (χ4v) is 3.71. The number of anilines is 1. The van der Waals surface area contributed by atoms with Crippen LogP contribution in [0.4, 0.5) is 5.69 Å². The number of aromatic nitrogens is 2. The Morgan fingerprint density at radius 1 is 0.941 bits per heavy atom. The summed E-state index contributed by atoms with van der Waals surface area (Å²) in [6.45, 7) is 0. The third-order valence-corrected chi connectivity index (χ3v) is 5.49. The summed E-state index contributed by atoms with van der Waals surface area (Å²) in [7, 11) is 5.38. The van der Waals surface area contributed by atoms with E-state index < -0.39 is 5.97 Å². The highest BCUT2D eigenvalue weighted by atomic mass is 16.6. The molecule has 8 nitrogen and oxygen atoms in total. The molecule has 0 amide bonds. The minimum absolute atomic E-state index is 0.0963. The van der Waals surface area contributed by atoms with Crippen LogP contribution >= 0.6 is 0 Å². The van der Waals surface area contributed by atoms with Gasteiger partial charge in [-0.25, -0.2) is 9.42 Å². The maximum atomic E-state index is 13.7. The Kier molecular flexibility index (Phi) is 6.40. The van der Waals surface area contributed by atoms with Crippen LogP contribution in [0.1, 0.15) is 21.5 Å². The topological polar surface area (TPSA) is 106 Å². The summed E-state index contributed by atoms with van der Waals surface area (Å²) in [5.41, 5.74) is 3.42. The molecule has 34 heavy (non-hydrogen) atoms. The van der Waals surface area contributed by atoms with E-state index in [0.717, 1.165) is 11.3 Å². The van der Waals surface area contributed by atoms with Gasteiger partial charge in [-0.2, -0.15) is 0 Å². The third-order valence-electron chi connectivity index (χ3n) is 5.49. The fraction of sp³-hybridized carbons (Fsp3) is 0.154. The standard InChI is InChI=1S/C26H23N3O5/c1-29(2)19-6-4-5-16(13-19)14-21(25(30)17-7-10-20(33-3)11-8-17)24(26(31)32)18-9-12-22-23(15-18)28-34-27-22/h4-13,15H,14H2,1-3H3,(H,31,32)/b24-21+. The van der Waals surface area contributed by atoms with Crippen molar-refractivity contribution in [2.24, 2.45) is 0 Å². The highest BCUT2D eigenvalue weighted by molar-refractivity contribution is 6.26. The molecule has 3 aromatic carbocycles. The average molecular weight is 457 g/mol. The smallest absolute Gasteiger partial charge is 0.336 e. The van der Waals surface area contributed by atoms with Gasteiger partial charge in [0.25, 0.3) is 0 Å². The molecule has 4 rings (SSSR count). The Morgan fingerprint density at radius 2 is 1.65 bits per heavy atom. The predicted molar refractivity (Wildman–Crippen MR) is 128 cm³/mol. The Morgan fingerprint density at radius 3 is 2.32 bits per heavy atom. The molecular formula is C26H23N3O5. The van der Waals surface area contributed by atoms with E-state index in [1.165, 1.54) is 7.11 Å². The van der Waals surface area contributed by atoms with E-state index in [2.05, 4.69) is 10.3 Å². The number of ether oxygens (including phenoxy) is 1. The number of carbonyl (C=O) groups is 2. The molecule has 1 heterocycles. The second-order valence-electron chi connectivity index (χ2n) is 7.93. The number of hydrogen-bond acceptors (Lipinski definition) is 7. The van der Waals surface area contributed by atoms with Crippen LogP contribution in [-0.4, -0.2) is 48.4 Å². The first-order chi connectivity index (χ1) is 16.4. The summed E-state index contributed by atoms with van der Waals surface area (Å²) >= 11 is 0. The van der Waals surface area contributed by atoms with E-state index in [1.54, 1.807) is 42.5 Å². The van der Waals surface area contributed by atoms with E-state index >= 15 is 0 Å². The number of benzene rings is 3. The lowest BCUT2D eigenvalue weighted by Gasteiger charge is -2.16. The second kappa shape index (κ2) is 9.58. The minimum atomic E-state index is -1.21. The van der Waals surface area contributed by atoms with Gasteiger partial charge in [0, 0.05) is 37.3 Å². The Labute approximate surface area is 196 Å². The van der Waals surface area contributed by atoms with Gasteiger partial charge in [-0.15, -0.1) is 0 Å². The lowest BCUT2D eigenvalue weighted by molar-refractivity contribution is -0.130. The SMILES string of the molecule is COc1ccc(C(=O)/C(Cc2cccc(N(C)C)c2)=C(/C(=O)O)c2ccc3nonc3c2)cc1. The van der Waals surface area contributed by atoms with E-state index in [4.69, 9.17) is 9.37 Å². The molecule has 0 aliphatic carbocycles. The van der Waals surface area contributed by atoms with Gasteiger partial charge in [0.05, 0.1) is 12.7 Å². The normalized spacial score (nSPS) is 11.7. The predicted octanol–water partition coefficient (Wildman–Crippen LogP) is 4.26. The largest absolute Gasteiger partial charge is 0.497 e. The summed E-state index contributed by atoms with van der Waals surface area (Å²) in [5, 5.41) is 17.8. The molecule has 0 bridgehead atoms. The van der Waals surface area contributed by atoms with E-state index in [-0.39, 0.29) is 23.4 Å². The van der Waals surface area contributed by atoms with Crippen molar-refractivity contribution in [2.45, 2.75) is 6.42 Å². The van der Waals surface area contributed by atoms with Crippen LogP contribution in [-0.2, 0) is 11.2 Å². The van der Waals surface area contributed by atoms with Crippen molar-refractivity contribution in [1.29, 1.82) is 0 Å². The van der Waals surface area contributed by atoms with Crippen LogP contribution in [0.25, 0.3) is 16.6 Å². The maximum absolute atomic E-state index is 13.7. The summed E-state index contributed by atoms with van der Waals surface area (Å²) in [5.74, 6) is -0.992. The molecule has 0 aliphatic rings. The molecule has 1 N–H and O–H groups in total. The number of Topliss-reactive ketones (excluding diaryl/α,β-unsaturated/α-hetero) is 1. The van der Waals surface area contributed by atoms with Crippen LogP contribution in [0.15, 0.2) is 76.9 Å². The van der Waals surface area contributed by atoms with Gasteiger partial charge in [-0.05, 0) is 70.0 Å². The van der Waals surface area contributed by atoms with Gasteiger partial charge in [0.2, 0.25) is 0 Å². The highest BCUT2D eigenvalue weighted by Gasteiger charge is 2.24. The van der Waals surface area contributed by atoms with Crippen molar-refractivity contribution >= 4 is 34.0 Å². The lowest BCUT2D eigenvalue weighted by atomic mass is 9.89. The van der Waals surface area contributed by atoms with Gasteiger partial charge in [-0.3, -0.25) is 4.79 Å². The van der Waals surface area contributed by atoms with Crippen LogP contribution in [0, 0.1) is 0 Å². The molecule has 0 unspecified atom stereocenters. The Hall–Kier alpha value is -4.46. The number of carbonyl (C=O) groups excluding carboxylic acids is 1. The number of carboxylic acid groups (broad SMARTS) is 1. The molecular weight excluding hydrogens is 434 g/mol. The Bertz CT molecular complexity index is 1390. The van der Waals surface area contributed by atoms with Gasteiger partial charge in [0.1, 0.15) is 16.8 Å². The first kappa shape index (κ1) is 22.7. The molecule has 0 radical (unpaired) electrons. The molecule has 1 aromatic heterocycles. The van der Waals surface area contributed by atoms with Crippen molar-refractivity contribution in [3.63, 3.8) is 0 Å². The third kappa shape index (κ3) is 4.66. The number of ketones is 1. The van der Waals surface area contributed by atoms with E-state index in [0.29, 0.717) is 27.9 Å². The molecule has 0 aliphatic heterocycles. The summed E-state index contributed by atoms with van der Waals surface area (Å²) in [6.07, 6.45) is 0.128. The number of rotatable bonds is 8. The zero-order valence-electron chi connectivity index (χ0n) is 19.0. The molecule has 172 valence electrons. The number of methoxy groups -OCH3 is 1. The number of aliphatic carboxylic acids is 1. The van der Waals surface area contributed by atoms with Crippen LogP contribution in [0.2, 0.25) is 0 Å². The molecule has 8 heteroatoms. The van der Waals surface area contributed by atoms with E-state index in [9.17, 15) is 14.7 Å². The van der Waals surface area contributed by atoms with Crippen molar-refractivity contribution in [3.05, 3.63) is 89.0 Å². The highest BCUT2D eigenvalue weighted by Crippen LogP contribution is 2.29. The van der Waals surface area contributed by atoms with Crippen molar-refractivity contribution in [2.75, 3.05) is 26.1 Å². The van der Waals surface area contributed by atoms with Gasteiger partial charge in [0.15, 0.2) is 5.78 Å². The summed E-state index contributed by atoms with van der Waals surface area (Å²) in [6, 6.07) is 19.0. The molecule has 0 atom stereocenters. The fourth-order valence-electron chi connectivity index (χ4n) is 3.71. The Balaban J connectivity index is 1.89. The molecule has 0 spiro atoms. The van der Waals surface area contributed by atoms with Crippen LogP contribution in [0.3, 0.4) is 0 Å². The zero-order chi connectivity index (χ0) is 24.2. The van der Waals surface area contributed by atoms with Crippen LogP contribution < -0.4 is 9.64 Å². The first-order valence-electron chi connectivity index (χ1n) is 10.5. The van der Waals surface area contributed by atoms with Crippen molar-refractivity contribution < 1.29 is 24.1 Å². The molecule has 4 aromatic rings. The van der Waals surface area contributed by atoms with Gasteiger partial charge in [-0.1, -0.05) is 18.2 Å². The summed E-state index contributed by atoms with van der Waals surface area (Å²) in [4.78, 5) is 28.1. The van der Waals surface area contributed by atoms with Gasteiger partial charge < -0.3 is 14.7 Å². The number of fused-ring (bicyclic) bond motifs is 1. The van der Waals surface area contributed by atoms with Crippen molar-refractivity contribution in [3.8, 4) is 5.75 Å². The molecule has 0 saturated carbocycles. The zero-order valence-corrected chi connectivity index (χ0v) is 19.0. The lowest BCUT2D eigenvalue weighted by Crippen LogP contribution is -2.14. The second-order valence-corrected chi connectivity index (χ2v) is 7.93. The number of allylic oxidation sites excluding steroid dienone is 1.